The molecule has 1 aliphatic carbocycles. The molecule has 0 atom stereocenters. The Hall–Kier alpha value is -1.15. The lowest BCUT2D eigenvalue weighted by molar-refractivity contribution is 0.0957. The van der Waals surface area contributed by atoms with E-state index in [2.05, 4.69) is 11.9 Å². The van der Waals surface area contributed by atoms with Gasteiger partial charge >= 0.3 is 0 Å². The third-order valence-electron chi connectivity index (χ3n) is 4.51. The van der Waals surface area contributed by atoms with Gasteiger partial charge in [-0.15, -0.1) is 0 Å². The summed E-state index contributed by atoms with van der Waals surface area (Å²) >= 11 is 0. The van der Waals surface area contributed by atoms with Crippen molar-refractivity contribution < 1.29 is 4.79 Å². The van der Waals surface area contributed by atoms with Crippen LogP contribution < -0.4 is 0 Å². The van der Waals surface area contributed by atoms with Crippen molar-refractivity contribution in [3.63, 3.8) is 0 Å². The summed E-state index contributed by atoms with van der Waals surface area (Å²) < 4.78 is 0. The summed E-state index contributed by atoms with van der Waals surface area (Å²) in [6, 6.07) is 8.61. The molecule has 0 heterocycles. The van der Waals surface area contributed by atoms with Crippen molar-refractivity contribution in [3.05, 3.63) is 35.4 Å². The minimum atomic E-state index is 0.269. The fraction of sp³-hybridized carbons (Fsp3) is 0.611. The topological polar surface area (TPSA) is 20.3 Å². The molecular formula is C18H27NO. The first kappa shape index (κ1) is 15.2. The van der Waals surface area contributed by atoms with Crippen molar-refractivity contribution in [1.82, 2.24) is 4.90 Å². The molecule has 2 rings (SSSR count). The molecule has 0 amide bonds. The number of rotatable bonds is 5. The van der Waals surface area contributed by atoms with Crippen LogP contribution in [0.4, 0.5) is 0 Å². The van der Waals surface area contributed by atoms with Crippen LogP contribution in [0.5, 0.6) is 0 Å². The van der Waals surface area contributed by atoms with Crippen molar-refractivity contribution in [3.8, 4) is 0 Å². The molecule has 0 N–H and O–H groups in total. The molecule has 0 bridgehead atoms. The van der Waals surface area contributed by atoms with Gasteiger partial charge in [0.05, 0.1) is 0 Å². The molecule has 1 aromatic carbocycles. The van der Waals surface area contributed by atoms with E-state index in [1.54, 1.807) is 0 Å². The minimum Gasteiger partial charge on any atom is -0.303 e. The van der Waals surface area contributed by atoms with Crippen molar-refractivity contribution >= 4 is 5.78 Å². The molecule has 110 valence electrons. The highest BCUT2D eigenvalue weighted by molar-refractivity contribution is 5.96. The van der Waals surface area contributed by atoms with Crippen molar-refractivity contribution in [2.75, 3.05) is 13.6 Å². The zero-order valence-corrected chi connectivity index (χ0v) is 12.9. The molecule has 0 unspecified atom stereocenters. The van der Waals surface area contributed by atoms with E-state index in [-0.39, 0.29) is 5.78 Å². The van der Waals surface area contributed by atoms with E-state index in [1.807, 2.05) is 31.2 Å². The Morgan fingerprint density at radius 3 is 2.30 bits per heavy atom. The molecule has 2 nitrogen and oxygen atoms in total. The standard InChI is InChI=1S/C18H27NO/c1-15-9-11-16(12-10-15)18(20)13-14-19(2)17-7-5-3-4-6-8-17/h9-12,17H,3-8,13-14H2,1-2H3. The van der Waals surface area contributed by atoms with E-state index in [0.717, 1.165) is 12.1 Å². The summed E-state index contributed by atoms with van der Waals surface area (Å²) in [5, 5.41) is 0. The highest BCUT2D eigenvalue weighted by Crippen LogP contribution is 2.21. The van der Waals surface area contributed by atoms with Crippen LogP contribution in [0.3, 0.4) is 0 Å². The van der Waals surface area contributed by atoms with Crippen LogP contribution in [0.1, 0.15) is 60.9 Å². The minimum absolute atomic E-state index is 0.269. The van der Waals surface area contributed by atoms with Gasteiger partial charge in [0, 0.05) is 24.6 Å². The highest BCUT2D eigenvalue weighted by atomic mass is 16.1. The number of Topliss-reactive ketones (excluding diaryl/α,β-unsaturated/α-hetero) is 1. The van der Waals surface area contributed by atoms with Gasteiger partial charge in [0.25, 0.3) is 0 Å². The Balaban J connectivity index is 1.81. The molecule has 2 heteroatoms. The zero-order chi connectivity index (χ0) is 14.4. The maximum Gasteiger partial charge on any atom is 0.164 e. The van der Waals surface area contributed by atoms with Gasteiger partial charge in [0.15, 0.2) is 5.78 Å². The average molecular weight is 273 g/mol. The second-order valence-electron chi connectivity index (χ2n) is 6.17. The zero-order valence-electron chi connectivity index (χ0n) is 12.9. The van der Waals surface area contributed by atoms with Crippen LogP contribution >= 0.6 is 0 Å². The van der Waals surface area contributed by atoms with Gasteiger partial charge in [0.1, 0.15) is 0 Å². The van der Waals surface area contributed by atoms with Crippen LogP contribution in [0.2, 0.25) is 0 Å². The molecule has 0 saturated heterocycles. The smallest absolute Gasteiger partial charge is 0.164 e. The first-order valence-electron chi connectivity index (χ1n) is 7.97. The van der Waals surface area contributed by atoms with Gasteiger partial charge in [-0.2, -0.15) is 0 Å². The lowest BCUT2D eigenvalue weighted by Crippen LogP contribution is -2.33. The molecule has 1 aliphatic rings. The molecule has 1 fully saturated rings. The van der Waals surface area contributed by atoms with Crippen molar-refractivity contribution in [2.24, 2.45) is 0 Å². The molecule has 1 saturated carbocycles. The number of ketones is 1. The van der Waals surface area contributed by atoms with Gasteiger partial charge in [-0.1, -0.05) is 55.5 Å². The second kappa shape index (κ2) is 7.58. The first-order chi connectivity index (χ1) is 9.66. The Bertz CT molecular complexity index is 416. The molecular weight excluding hydrogens is 246 g/mol. The van der Waals surface area contributed by atoms with Crippen LogP contribution in [0, 0.1) is 6.92 Å². The number of carbonyl (C=O) groups is 1. The van der Waals surface area contributed by atoms with Gasteiger partial charge in [0.2, 0.25) is 0 Å². The normalized spacial score (nSPS) is 17.1. The summed E-state index contributed by atoms with van der Waals surface area (Å²) in [7, 11) is 2.18. The van der Waals surface area contributed by atoms with Crippen LogP contribution in [0.25, 0.3) is 0 Å². The van der Waals surface area contributed by atoms with Crippen LogP contribution in [-0.2, 0) is 0 Å². The largest absolute Gasteiger partial charge is 0.303 e. The summed E-state index contributed by atoms with van der Waals surface area (Å²) in [6.07, 6.45) is 8.70. The molecule has 1 aromatic rings. The fourth-order valence-corrected chi connectivity index (χ4v) is 3.04. The number of nitrogens with zero attached hydrogens (tertiary/aromatic N) is 1. The van der Waals surface area contributed by atoms with Crippen molar-refractivity contribution in [1.29, 1.82) is 0 Å². The Kier molecular flexibility index (Phi) is 5.78. The third kappa shape index (κ3) is 4.45. The molecule has 0 aliphatic heterocycles. The number of hydrogen-bond donors (Lipinski definition) is 0. The predicted molar refractivity (Wildman–Crippen MR) is 84.2 cm³/mol. The third-order valence-corrected chi connectivity index (χ3v) is 4.51. The SMILES string of the molecule is Cc1ccc(C(=O)CCN(C)C2CCCCCC2)cc1. The maximum atomic E-state index is 12.2. The molecule has 20 heavy (non-hydrogen) atoms. The number of hydrogen-bond acceptors (Lipinski definition) is 2. The van der Waals surface area contributed by atoms with Gasteiger partial charge in [-0.25, -0.2) is 0 Å². The Labute approximate surface area is 123 Å². The first-order valence-corrected chi connectivity index (χ1v) is 7.97. The van der Waals surface area contributed by atoms with Gasteiger partial charge in [-0.05, 0) is 26.8 Å². The van der Waals surface area contributed by atoms with E-state index >= 15 is 0 Å². The average Bonchev–Trinajstić information content (AvgIpc) is 2.74. The second-order valence-corrected chi connectivity index (χ2v) is 6.17. The van der Waals surface area contributed by atoms with E-state index in [4.69, 9.17) is 0 Å². The number of aryl methyl sites for hydroxylation is 1. The summed E-state index contributed by atoms with van der Waals surface area (Å²) in [5.74, 6) is 0.269. The molecule has 0 radical (unpaired) electrons. The summed E-state index contributed by atoms with van der Waals surface area (Å²) in [5.41, 5.74) is 2.06. The van der Waals surface area contributed by atoms with Crippen LogP contribution in [-0.4, -0.2) is 30.3 Å². The number of benzene rings is 1. The fourth-order valence-electron chi connectivity index (χ4n) is 3.04. The molecule has 0 spiro atoms. The lowest BCUT2D eigenvalue weighted by Gasteiger charge is -2.26. The highest BCUT2D eigenvalue weighted by Gasteiger charge is 2.17. The van der Waals surface area contributed by atoms with E-state index in [9.17, 15) is 4.79 Å². The predicted octanol–water partition coefficient (Wildman–Crippen LogP) is 4.22. The summed E-state index contributed by atoms with van der Waals surface area (Å²) in [4.78, 5) is 14.6. The van der Waals surface area contributed by atoms with Gasteiger partial charge < -0.3 is 4.90 Å². The van der Waals surface area contributed by atoms with E-state index < -0.39 is 0 Å². The molecule has 0 aromatic heterocycles. The lowest BCUT2D eigenvalue weighted by atomic mass is 10.0. The maximum absolute atomic E-state index is 12.2. The summed E-state index contributed by atoms with van der Waals surface area (Å²) in [6.45, 7) is 2.94. The van der Waals surface area contributed by atoms with Gasteiger partial charge in [-0.3, -0.25) is 4.79 Å². The Morgan fingerprint density at radius 2 is 1.70 bits per heavy atom. The quantitative estimate of drug-likeness (QED) is 0.591. The van der Waals surface area contributed by atoms with Crippen molar-refractivity contribution in [2.45, 2.75) is 57.9 Å². The Morgan fingerprint density at radius 1 is 1.10 bits per heavy atom. The van der Waals surface area contributed by atoms with Crippen LogP contribution in [0.15, 0.2) is 24.3 Å². The number of carbonyl (C=O) groups excluding carboxylic acids is 1. The monoisotopic (exact) mass is 273 g/mol. The van der Waals surface area contributed by atoms with E-state index in [0.29, 0.717) is 12.5 Å². The van der Waals surface area contributed by atoms with E-state index in [1.165, 1.54) is 44.1 Å².